The third-order valence-electron chi connectivity index (χ3n) is 8.50. The fourth-order valence-electron chi connectivity index (χ4n) is 6.74. The summed E-state index contributed by atoms with van der Waals surface area (Å²) in [5.41, 5.74) is 4.77. The van der Waals surface area contributed by atoms with Gasteiger partial charge in [0.2, 0.25) is 0 Å². The van der Waals surface area contributed by atoms with Crippen molar-refractivity contribution in [2.75, 3.05) is 26.9 Å². The van der Waals surface area contributed by atoms with Gasteiger partial charge in [-0.05, 0) is 59.2 Å². The number of ether oxygens (including phenoxy) is 3. The molecule has 2 saturated heterocycles. The number of hydrogen-bond donors (Lipinski definition) is 1. The van der Waals surface area contributed by atoms with Crippen LogP contribution in [0, 0.1) is 0 Å². The van der Waals surface area contributed by atoms with Gasteiger partial charge in [0.25, 0.3) is 0 Å². The van der Waals surface area contributed by atoms with Crippen molar-refractivity contribution in [1.29, 1.82) is 0 Å². The van der Waals surface area contributed by atoms with Crippen molar-refractivity contribution in [2.24, 2.45) is 0 Å². The van der Waals surface area contributed by atoms with E-state index in [-0.39, 0.29) is 24.1 Å². The van der Waals surface area contributed by atoms with Crippen LogP contribution in [0.1, 0.15) is 54.7 Å². The van der Waals surface area contributed by atoms with Crippen molar-refractivity contribution in [1.82, 2.24) is 4.90 Å². The average Bonchev–Trinajstić information content (AvgIpc) is 3.25. The molecule has 1 amide bonds. The summed E-state index contributed by atoms with van der Waals surface area (Å²) < 4.78 is 16.8. The lowest BCUT2D eigenvalue weighted by molar-refractivity contribution is -0.0891. The van der Waals surface area contributed by atoms with Crippen LogP contribution in [0.25, 0.3) is 11.1 Å². The largest absolute Gasteiger partial charge is 0.491 e. The van der Waals surface area contributed by atoms with Crippen LogP contribution in [0.3, 0.4) is 0 Å². The summed E-state index contributed by atoms with van der Waals surface area (Å²) in [6.45, 7) is 1.33. The number of benzene rings is 3. The minimum atomic E-state index is -0.971. The first-order chi connectivity index (χ1) is 18.6. The van der Waals surface area contributed by atoms with Gasteiger partial charge in [0.15, 0.2) is 0 Å². The smallest absolute Gasteiger partial charge is 0.410 e. The molecular weight excluding hydrogens is 478 g/mol. The Morgan fingerprint density at radius 1 is 0.895 bits per heavy atom. The molecule has 0 aromatic heterocycles. The number of piperidine rings is 2. The quantitative estimate of drug-likeness (QED) is 0.401. The highest BCUT2D eigenvalue weighted by atomic mass is 16.6. The van der Waals surface area contributed by atoms with E-state index in [1.165, 1.54) is 22.3 Å². The molecule has 198 valence electrons. The zero-order chi connectivity index (χ0) is 26.1. The molecule has 0 saturated carbocycles. The summed E-state index contributed by atoms with van der Waals surface area (Å²) in [5, 5.41) is 11.7. The van der Waals surface area contributed by atoms with E-state index >= 15 is 0 Å². The number of carbonyl (C=O) groups excluding carboxylic acids is 1. The number of hydrogen-bond acceptors (Lipinski definition) is 5. The van der Waals surface area contributed by atoms with Gasteiger partial charge in [-0.25, -0.2) is 4.79 Å². The Morgan fingerprint density at radius 2 is 1.50 bits per heavy atom. The summed E-state index contributed by atoms with van der Waals surface area (Å²) in [6.07, 6.45) is 3.58. The molecule has 6 nitrogen and oxygen atoms in total. The Labute approximate surface area is 224 Å². The Morgan fingerprint density at radius 3 is 2.11 bits per heavy atom. The first-order valence-corrected chi connectivity index (χ1v) is 13.7. The van der Waals surface area contributed by atoms with Crippen LogP contribution in [0.15, 0.2) is 72.8 Å². The maximum atomic E-state index is 13.5. The minimum absolute atomic E-state index is 0.0394. The first-order valence-electron chi connectivity index (χ1n) is 13.7. The molecule has 0 spiro atoms. The Kier molecular flexibility index (Phi) is 6.85. The summed E-state index contributed by atoms with van der Waals surface area (Å²) in [4.78, 5) is 15.4. The number of fused-ring (bicyclic) bond motifs is 5. The number of amides is 1. The van der Waals surface area contributed by atoms with Crippen molar-refractivity contribution in [3.63, 3.8) is 0 Å². The third kappa shape index (κ3) is 4.56. The normalized spacial score (nSPS) is 24.0. The van der Waals surface area contributed by atoms with Crippen molar-refractivity contribution >= 4 is 6.09 Å². The number of aliphatic hydroxyl groups is 1. The third-order valence-corrected chi connectivity index (χ3v) is 8.50. The molecule has 6 heteroatoms. The predicted octanol–water partition coefficient (Wildman–Crippen LogP) is 5.87. The van der Waals surface area contributed by atoms with Gasteiger partial charge in [0, 0.05) is 38.0 Å². The van der Waals surface area contributed by atoms with Crippen LogP contribution < -0.4 is 4.74 Å². The molecule has 6 rings (SSSR count). The zero-order valence-corrected chi connectivity index (χ0v) is 21.8. The van der Waals surface area contributed by atoms with Gasteiger partial charge in [0.05, 0.1) is 12.2 Å². The molecular formula is C32H35NO5. The van der Waals surface area contributed by atoms with Crippen LogP contribution in [0.2, 0.25) is 0 Å². The Hall–Kier alpha value is -3.35. The second kappa shape index (κ2) is 10.4. The minimum Gasteiger partial charge on any atom is -0.491 e. The second-order valence-electron chi connectivity index (χ2n) is 10.8. The average molecular weight is 514 g/mol. The molecule has 0 radical (unpaired) electrons. The van der Waals surface area contributed by atoms with E-state index in [2.05, 4.69) is 36.4 Å². The lowest BCUT2D eigenvalue weighted by atomic mass is 9.72. The van der Waals surface area contributed by atoms with Crippen LogP contribution in [-0.4, -0.2) is 55.1 Å². The molecule has 3 aromatic carbocycles. The van der Waals surface area contributed by atoms with Crippen LogP contribution in [0.4, 0.5) is 4.79 Å². The summed E-state index contributed by atoms with van der Waals surface area (Å²) in [7, 11) is 1.65. The zero-order valence-electron chi connectivity index (χ0n) is 21.8. The molecule has 2 unspecified atom stereocenters. The fourth-order valence-corrected chi connectivity index (χ4v) is 6.74. The fraction of sp³-hybridized carbons (Fsp3) is 0.406. The highest BCUT2D eigenvalue weighted by Gasteiger charge is 2.48. The maximum Gasteiger partial charge on any atom is 0.410 e. The molecule has 2 aliphatic heterocycles. The van der Waals surface area contributed by atoms with Gasteiger partial charge >= 0.3 is 6.09 Å². The summed E-state index contributed by atoms with van der Waals surface area (Å²) >= 11 is 0. The molecule has 2 bridgehead atoms. The van der Waals surface area contributed by atoms with Gasteiger partial charge < -0.3 is 24.2 Å². The molecule has 3 aromatic rings. The van der Waals surface area contributed by atoms with Crippen LogP contribution in [-0.2, 0) is 15.1 Å². The molecule has 2 fully saturated rings. The lowest BCUT2D eigenvalue weighted by Crippen LogP contribution is -2.59. The summed E-state index contributed by atoms with van der Waals surface area (Å²) in [6, 6.07) is 24.4. The molecule has 3 aliphatic rings. The number of nitrogens with zero attached hydrogens (tertiary/aromatic N) is 1. The van der Waals surface area contributed by atoms with Gasteiger partial charge in [-0.3, -0.25) is 0 Å². The second-order valence-corrected chi connectivity index (χ2v) is 10.8. The first kappa shape index (κ1) is 25.0. The lowest BCUT2D eigenvalue weighted by Gasteiger charge is -2.51. The van der Waals surface area contributed by atoms with Gasteiger partial charge in [-0.1, -0.05) is 60.7 Å². The highest BCUT2D eigenvalue weighted by molar-refractivity contribution is 5.79. The number of carbonyl (C=O) groups is 1. The molecule has 38 heavy (non-hydrogen) atoms. The SMILES string of the molecule is COCCOc1ccc(C2(O)CC3CCCC(C2)N3C(=O)OCC2c3ccccc3-c3ccccc32)cc1. The van der Waals surface area contributed by atoms with E-state index in [0.29, 0.717) is 32.7 Å². The van der Waals surface area contributed by atoms with E-state index in [1.54, 1.807) is 7.11 Å². The van der Waals surface area contributed by atoms with Crippen molar-refractivity contribution in [2.45, 2.75) is 55.7 Å². The molecule has 1 N–H and O–H groups in total. The van der Waals surface area contributed by atoms with Crippen LogP contribution >= 0.6 is 0 Å². The van der Waals surface area contributed by atoms with E-state index in [0.717, 1.165) is 30.6 Å². The van der Waals surface area contributed by atoms with Crippen molar-refractivity contribution < 1.29 is 24.1 Å². The number of methoxy groups -OCH3 is 1. The Bertz CT molecular complexity index is 1230. The van der Waals surface area contributed by atoms with Gasteiger partial charge in [-0.15, -0.1) is 0 Å². The number of rotatable bonds is 7. The molecule has 1 aliphatic carbocycles. The molecule has 2 heterocycles. The predicted molar refractivity (Wildman–Crippen MR) is 145 cm³/mol. The highest BCUT2D eigenvalue weighted by Crippen LogP contribution is 2.46. The topological polar surface area (TPSA) is 68.2 Å². The maximum absolute atomic E-state index is 13.5. The van der Waals surface area contributed by atoms with E-state index < -0.39 is 5.60 Å². The van der Waals surface area contributed by atoms with Crippen LogP contribution in [0.5, 0.6) is 5.75 Å². The monoisotopic (exact) mass is 513 g/mol. The van der Waals surface area contributed by atoms with Gasteiger partial charge in [-0.2, -0.15) is 0 Å². The Balaban J connectivity index is 1.14. The molecule has 2 atom stereocenters. The standard InChI is InChI=1S/C32H35NO5/c1-36-17-18-37-25-15-13-22(14-16-25)32(35)19-23-7-6-8-24(20-32)33(23)31(34)38-21-30-28-11-4-2-9-26(28)27-10-3-5-12-29(27)30/h2-5,9-16,23-24,30,35H,6-8,17-21H2,1H3. The van der Waals surface area contributed by atoms with Crippen molar-refractivity contribution in [3.05, 3.63) is 89.5 Å². The summed E-state index contributed by atoms with van der Waals surface area (Å²) in [5.74, 6) is 0.795. The van der Waals surface area contributed by atoms with E-state index in [4.69, 9.17) is 14.2 Å². The van der Waals surface area contributed by atoms with E-state index in [9.17, 15) is 9.90 Å². The van der Waals surface area contributed by atoms with Crippen molar-refractivity contribution in [3.8, 4) is 16.9 Å². The van der Waals surface area contributed by atoms with Gasteiger partial charge in [0.1, 0.15) is 19.0 Å². The van der Waals surface area contributed by atoms with E-state index in [1.807, 2.05) is 41.3 Å².